The third kappa shape index (κ3) is 4.11. The summed E-state index contributed by atoms with van der Waals surface area (Å²) in [5, 5.41) is 8.94. The van der Waals surface area contributed by atoms with Crippen molar-refractivity contribution in [3.05, 3.63) is 5.82 Å². The van der Waals surface area contributed by atoms with Crippen LogP contribution in [0.25, 0.3) is 0 Å². The normalized spacial score (nSPS) is 12.1. The van der Waals surface area contributed by atoms with Crippen molar-refractivity contribution in [3.63, 3.8) is 0 Å². The summed E-state index contributed by atoms with van der Waals surface area (Å²) in [6.07, 6.45) is 0. The van der Waals surface area contributed by atoms with Crippen LogP contribution in [0, 0.1) is 0 Å². The number of nitrogens with two attached hydrogens (primary N) is 1. The van der Waals surface area contributed by atoms with Gasteiger partial charge in [0, 0.05) is 12.8 Å². The number of ether oxygens (including phenoxy) is 1. The summed E-state index contributed by atoms with van der Waals surface area (Å²) in [7, 11) is 1.93. The predicted octanol–water partition coefficient (Wildman–Crippen LogP) is 1.18. The Morgan fingerprint density at radius 1 is 1.38 bits per heavy atom. The van der Waals surface area contributed by atoms with E-state index >= 15 is 0 Å². The Labute approximate surface area is 101 Å². The van der Waals surface area contributed by atoms with Crippen LogP contribution < -0.4 is 5.73 Å². The molecule has 92 valence electrons. The van der Waals surface area contributed by atoms with Gasteiger partial charge in [0.1, 0.15) is 5.82 Å². The molecule has 16 heavy (non-hydrogen) atoms. The third-order valence-electron chi connectivity index (χ3n) is 1.96. The maximum Gasteiger partial charge on any atom is 0.191 e. The Morgan fingerprint density at radius 2 is 2.06 bits per heavy atom. The van der Waals surface area contributed by atoms with Crippen LogP contribution >= 0.6 is 11.8 Å². The van der Waals surface area contributed by atoms with Crippen LogP contribution in [0.2, 0.25) is 0 Å². The first-order valence-electron chi connectivity index (χ1n) is 5.29. The molecule has 0 aliphatic carbocycles. The fourth-order valence-corrected chi connectivity index (χ4v) is 1.88. The minimum absolute atomic E-state index is 0.0805. The largest absolute Gasteiger partial charge is 0.375 e. The average molecular weight is 244 g/mol. The highest BCUT2D eigenvalue weighted by atomic mass is 32.2. The van der Waals surface area contributed by atoms with Gasteiger partial charge in [-0.2, -0.15) is 0 Å². The van der Waals surface area contributed by atoms with E-state index in [9.17, 15) is 0 Å². The van der Waals surface area contributed by atoms with Crippen molar-refractivity contribution >= 4 is 11.8 Å². The Balaban J connectivity index is 2.35. The lowest BCUT2D eigenvalue weighted by Crippen LogP contribution is -2.20. The van der Waals surface area contributed by atoms with E-state index in [1.165, 1.54) is 0 Å². The maximum absolute atomic E-state index is 5.62. The van der Waals surface area contributed by atoms with E-state index in [0.717, 1.165) is 16.7 Å². The van der Waals surface area contributed by atoms with E-state index in [1.54, 1.807) is 11.8 Å². The molecule has 0 saturated heterocycles. The standard InChI is InChI=1S/C10H20N4OS/c1-10(2,3)15-5-6-16-9-13-12-8(7-11)14(9)4/h5-7,11H2,1-4H3. The predicted molar refractivity (Wildman–Crippen MR) is 65.3 cm³/mol. The first-order valence-corrected chi connectivity index (χ1v) is 6.27. The minimum Gasteiger partial charge on any atom is -0.375 e. The molecule has 0 aliphatic heterocycles. The topological polar surface area (TPSA) is 66.0 Å². The molecule has 0 radical (unpaired) electrons. The Bertz CT molecular complexity index is 332. The molecule has 0 atom stereocenters. The van der Waals surface area contributed by atoms with Crippen molar-refractivity contribution in [1.29, 1.82) is 0 Å². The van der Waals surface area contributed by atoms with Gasteiger partial charge in [0.05, 0.1) is 18.8 Å². The molecule has 0 bridgehead atoms. The smallest absolute Gasteiger partial charge is 0.191 e. The summed E-state index contributed by atoms with van der Waals surface area (Å²) in [6.45, 7) is 7.27. The van der Waals surface area contributed by atoms with Gasteiger partial charge in [-0.3, -0.25) is 0 Å². The highest BCUT2D eigenvalue weighted by Crippen LogP contribution is 2.16. The highest BCUT2D eigenvalue weighted by Gasteiger charge is 2.11. The molecule has 1 aromatic heterocycles. The van der Waals surface area contributed by atoms with Crippen LogP contribution in [0.5, 0.6) is 0 Å². The number of hydrogen-bond donors (Lipinski definition) is 1. The molecular formula is C10H20N4OS. The molecule has 6 heteroatoms. The molecule has 0 fully saturated rings. The van der Waals surface area contributed by atoms with Crippen LogP contribution in [-0.4, -0.2) is 32.7 Å². The number of aromatic nitrogens is 3. The Kier molecular flexibility index (Phi) is 4.76. The van der Waals surface area contributed by atoms with Crippen molar-refractivity contribution in [2.24, 2.45) is 12.8 Å². The Morgan fingerprint density at radius 3 is 2.56 bits per heavy atom. The fourth-order valence-electron chi connectivity index (χ4n) is 1.13. The lowest BCUT2D eigenvalue weighted by Gasteiger charge is -2.18. The van der Waals surface area contributed by atoms with Crippen LogP contribution in [0.3, 0.4) is 0 Å². The molecule has 5 nitrogen and oxygen atoms in total. The average Bonchev–Trinajstić information content (AvgIpc) is 2.53. The van der Waals surface area contributed by atoms with Gasteiger partial charge in [0.2, 0.25) is 0 Å². The van der Waals surface area contributed by atoms with Crippen LogP contribution in [0.1, 0.15) is 26.6 Å². The maximum atomic E-state index is 5.62. The van der Waals surface area contributed by atoms with Gasteiger partial charge in [-0.25, -0.2) is 0 Å². The molecule has 0 unspecified atom stereocenters. The number of hydrogen-bond acceptors (Lipinski definition) is 5. The fraction of sp³-hybridized carbons (Fsp3) is 0.800. The van der Waals surface area contributed by atoms with Gasteiger partial charge in [0.15, 0.2) is 5.16 Å². The molecule has 0 aromatic carbocycles. The molecule has 1 rings (SSSR count). The molecule has 0 spiro atoms. The Hall–Kier alpha value is -0.590. The minimum atomic E-state index is -0.0805. The molecule has 0 saturated carbocycles. The lowest BCUT2D eigenvalue weighted by atomic mass is 10.2. The lowest BCUT2D eigenvalue weighted by molar-refractivity contribution is 0.00692. The van der Waals surface area contributed by atoms with Gasteiger partial charge in [-0.15, -0.1) is 10.2 Å². The van der Waals surface area contributed by atoms with Gasteiger partial charge < -0.3 is 15.0 Å². The number of rotatable bonds is 5. The zero-order chi connectivity index (χ0) is 12.2. The van der Waals surface area contributed by atoms with E-state index < -0.39 is 0 Å². The molecule has 1 heterocycles. The van der Waals surface area contributed by atoms with Crippen molar-refractivity contribution < 1.29 is 4.74 Å². The van der Waals surface area contributed by atoms with E-state index in [0.29, 0.717) is 13.2 Å². The summed E-state index contributed by atoms with van der Waals surface area (Å²) in [4.78, 5) is 0. The second kappa shape index (κ2) is 5.65. The summed E-state index contributed by atoms with van der Waals surface area (Å²) in [6, 6.07) is 0. The first kappa shape index (κ1) is 13.5. The van der Waals surface area contributed by atoms with E-state index in [-0.39, 0.29) is 5.60 Å². The second-order valence-corrected chi connectivity index (χ2v) is 5.53. The van der Waals surface area contributed by atoms with Gasteiger partial charge in [-0.1, -0.05) is 11.8 Å². The second-order valence-electron chi connectivity index (χ2n) is 4.47. The zero-order valence-electron chi connectivity index (χ0n) is 10.4. The number of thioether (sulfide) groups is 1. The summed E-state index contributed by atoms with van der Waals surface area (Å²) in [5.74, 6) is 1.67. The van der Waals surface area contributed by atoms with E-state index in [2.05, 4.69) is 10.2 Å². The van der Waals surface area contributed by atoms with Crippen molar-refractivity contribution in [2.75, 3.05) is 12.4 Å². The molecule has 0 aliphatic rings. The SMILES string of the molecule is Cn1c(CN)nnc1SCCOC(C)(C)C. The molecule has 0 amide bonds. The first-order chi connectivity index (χ1) is 7.44. The highest BCUT2D eigenvalue weighted by molar-refractivity contribution is 7.99. The zero-order valence-corrected chi connectivity index (χ0v) is 11.2. The van der Waals surface area contributed by atoms with Gasteiger partial charge in [-0.05, 0) is 20.8 Å². The molecular weight excluding hydrogens is 224 g/mol. The van der Waals surface area contributed by atoms with Crippen molar-refractivity contribution in [3.8, 4) is 0 Å². The number of nitrogens with zero attached hydrogens (tertiary/aromatic N) is 3. The van der Waals surface area contributed by atoms with E-state index in [1.807, 2.05) is 32.4 Å². The van der Waals surface area contributed by atoms with Crippen molar-refractivity contribution in [2.45, 2.75) is 38.1 Å². The third-order valence-corrected chi connectivity index (χ3v) is 2.94. The molecule has 1 aromatic rings. The van der Waals surface area contributed by atoms with Crippen LogP contribution in [-0.2, 0) is 18.3 Å². The summed E-state index contributed by atoms with van der Waals surface area (Å²) < 4.78 is 7.54. The van der Waals surface area contributed by atoms with Gasteiger partial charge >= 0.3 is 0 Å². The van der Waals surface area contributed by atoms with Gasteiger partial charge in [0.25, 0.3) is 0 Å². The van der Waals surface area contributed by atoms with Crippen LogP contribution in [0.15, 0.2) is 5.16 Å². The van der Waals surface area contributed by atoms with Crippen molar-refractivity contribution in [1.82, 2.24) is 14.8 Å². The summed E-state index contributed by atoms with van der Waals surface area (Å²) in [5.41, 5.74) is 5.44. The molecule has 2 N–H and O–H groups in total. The quantitative estimate of drug-likeness (QED) is 0.622. The van der Waals surface area contributed by atoms with Crippen LogP contribution in [0.4, 0.5) is 0 Å². The van der Waals surface area contributed by atoms with E-state index in [4.69, 9.17) is 10.5 Å². The summed E-state index contributed by atoms with van der Waals surface area (Å²) >= 11 is 1.63. The monoisotopic (exact) mass is 244 g/mol.